The molecule has 25 heavy (non-hydrogen) atoms. The molecule has 6 N–H and O–H groups in total. The van der Waals surface area contributed by atoms with E-state index in [0.717, 1.165) is 0 Å². The van der Waals surface area contributed by atoms with Crippen LogP contribution < -0.4 is 33.1 Å². The first-order chi connectivity index (χ1) is 12.3. The summed E-state index contributed by atoms with van der Waals surface area (Å²) in [6.07, 6.45) is 0. The van der Waals surface area contributed by atoms with Gasteiger partial charge in [-0.2, -0.15) is 0 Å². The summed E-state index contributed by atoms with van der Waals surface area (Å²) >= 11 is 0. The maximum Gasteiger partial charge on any atom is 0.0184 e. The van der Waals surface area contributed by atoms with E-state index in [9.17, 15) is 0 Å². The third kappa shape index (κ3) is 3.65. The Kier molecular flexibility index (Phi) is 5.95. The first kappa shape index (κ1) is 17.8. The predicted molar refractivity (Wildman–Crippen MR) is 109 cm³/mol. The standard InChI is InChI=1S/C21H24N3P/c22-13-16-7-1-4-10-19(16)25(20-11-5-2-8-17(20)14-23)21-12-6-3-9-18(21)15-24/h1-12H,13-15,22-24H2. The molecule has 0 saturated heterocycles. The van der Waals surface area contributed by atoms with Crippen molar-refractivity contribution in [2.75, 3.05) is 0 Å². The number of hydrogen-bond acceptors (Lipinski definition) is 3. The molecule has 0 heterocycles. The molecule has 3 aromatic rings. The molecule has 0 saturated carbocycles. The van der Waals surface area contributed by atoms with Crippen LogP contribution in [0.5, 0.6) is 0 Å². The lowest BCUT2D eigenvalue weighted by molar-refractivity contribution is 1.08. The van der Waals surface area contributed by atoms with Crippen molar-refractivity contribution in [2.45, 2.75) is 19.6 Å². The van der Waals surface area contributed by atoms with Gasteiger partial charge in [0.1, 0.15) is 0 Å². The molecule has 0 bridgehead atoms. The number of benzene rings is 3. The highest BCUT2D eigenvalue weighted by Crippen LogP contribution is 2.36. The quantitative estimate of drug-likeness (QED) is 0.594. The number of rotatable bonds is 6. The van der Waals surface area contributed by atoms with Crippen LogP contribution >= 0.6 is 7.92 Å². The maximum atomic E-state index is 6.05. The van der Waals surface area contributed by atoms with Crippen LogP contribution in [0.15, 0.2) is 72.8 Å². The Morgan fingerprint density at radius 2 is 0.760 bits per heavy atom. The minimum absolute atomic E-state index is 0.518. The van der Waals surface area contributed by atoms with Crippen LogP contribution in [0.3, 0.4) is 0 Å². The SMILES string of the molecule is NCc1ccccc1P(c1ccccc1CN)c1ccccc1CN. The molecule has 0 aliphatic heterocycles. The summed E-state index contributed by atoms with van der Waals surface area (Å²) in [5, 5.41) is 3.84. The fourth-order valence-corrected chi connectivity index (χ4v) is 5.94. The Hall–Kier alpha value is -2.03. The molecule has 3 aromatic carbocycles. The first-order valence-electron chi connectivity index (χ1n) is 8.44. The Morgan fingerprint density at radius 1 is 0.480 bits per heavy atom. The van der Waals surface area contributed by atoms with Crippen molar-refractivity contribution >= 4 is 23.8 Å². The molecule has 4 heteroatoms. The Labute approximate surface area is 150 Å². The number of nitrogens with two attached hydrogens (primary N) is 3. The van der Waals surface area contributed by atoms with Crippen molar-refractivity contribution in [3.8, 4) is 0 Å². The first-order valence-corrected chi connectivity index (χ1v) is 9.78. The van der Waals surface area contributed by atoms with Crippen molar-refractivity contribution in [3.63, 3.8) is 0 Å². The fourth-order valence-electron chi connectivity index (χ4n) is 3.09. The van der Waals surface area contributed by atoms with Crippen LogP contribution in [0, 0.1) is 0 Å². The molecule has 0 aliphatic carbocycles. The highest BCUT2D eigenvalue weighted by atomic mass is 31.1. The Bertz CT molecular complexity index is 735. The van der Waals surface area contributed by atoms with Gasteiger partial charge < -0.3 is 17.2 Å². The molecule has 0 atom stereocenters. The normalized spacial score (nSPS) is 11.0. The minimum atomic E-state index is -0.766. The van der Waals surface area contributed by atoms with Crippen molar-refractivity contribution in [1.29, 1.82) is 0 Å². The lowest BCUT2D eigenvalue weighted by Gasteiger charge is -2.25. The van der Waals surface area contributed by atoms with Gasteiger partial charge in [0.15, 0.2) is 0 Å². The zero-order valence-electron chi connectivity index (χ0n) is 14.2. The molecule has 3 rings (SSSR count). The zero-order chi connectivity index (χ0) is 17.6. The van der Waals surface area contributed by atoms with E-state index in [0.29, 0.717) is 19.6 Å². The van der Waals surface area contributed by atoms with E-state index in [4.69, 9.17) is 17.2 Å². The molecule has 0 aliphatic rings. The van der Waals surface area contributed by atoms with E-state index < -0.39 is 7.92 Å². The third-order valence-electron chi connectivity index (χ3n) is 4.36. The maximum absolute atomic E-state index is 6.05. The van der Waals surface area contributed by atoms with Crippen molar-refractivity contribution in [3.05, 3.63) is 89.5 Å². The summed E-state index contributed by atoms with van der Waals surface area (Å²) < 4.78 is 0. The Balaban J connectivity index is 2.29. The van der Waals surface area contributed by atoms with Gasteiger partial charge in [-0.3, -0.25) is 0 Å². The van der Waals surface area contributed by atoms with Gasteiger partial charge >= 0.3 is 0 Å². The van der Waals surface area contributed by atoms with Crippen LogP contribution in [0.4, 0.5) is 0 Å². The lowest BCUT2D eigenvalue weighted by Crippen LogP contribution is -2.29. The van der Waals surface area contributed by atoms with Gasteiger partial charge in [0.25, 0.3) is 0 Å². The summed E-state index contributed by atoms with van der Waals surface area (Å²) in [6, 6.07) is 25.3. The van der Waals surface area contributed by atoms with E-state index in [-0.39, 0.29) is 0 Å². The van der Waals surface area contributed by atoms with E-state index in [2.05, 4.69) is 54.6 Å². The molecule has 0 amide bonds. The van der Waals surface area contributed by atoms with Crippen LogP contribution in [0.2, 0.25) is 0 Å². The second kappa shape index (κ2) is 8.37. The molecule has 0 aromatic heterocycles. The van der Waals surface area contributed by atoms with Crippen molar-refractivity contribution in [2.24, 2.45) is 17.2 Å². The summed E-state index contributed by atoms with van der Waals surface area (Å²) in [5.41, 5.74) is 21.7. The molecular formula is C21H24N3P. The van der Waals surface area contributed by atoms with E-state index in [1.165, 1.54) is 32.6 Å². The fraction of sp³-hybridized carbons (Fsp3) is 0.143. The van der Waals surface area contributed by atoms with Gasteiger partial charge in [0, 0.05) is 19.6 Å². The van der Waals surface area contributed by atoms with Crippen LogP contribution in [-0.4, -0.2) is 0 Å². The summed E-state index contributed by atoms with van der Waals surface area (Å²) in [6.45, 7) is 1.56. The average molecular weight is 349 g/mol. The second-order valence-electron chi connectivity index (χ2n) is 5.83. The molecule has 128 valence electrons. The molecular weight excluding hydrogens is 325 g/mol. The van der Waals surface area contributed by atoms with E-state index >= 15 is 0 Å². The molecule has 0 unspecified atom stereocenters. The predicted octanol–water partition coefficient (Wildman–Crippen LogP) is 1.82. The van der Waals surface area contributed by atoms with Gasteiger partial charge in [-0.15, -0.1) is 0 Å². The third-order valence-corrected chi connectivity index (χ3v) is 7.11. The Morgan fingerprint density at radius 3 is 1.04 bits per heavy atom. The van der Waals surface area contributed by atoms with Gasteiger partial charge in [0.05, 0.1) is 0 Å². The highest BCUT2D eigenvalue weighted by molar-refractivity contribution is 7.80. The molecule has 0 spiro atoms. The monoisotopic (exact) mass is 349 g/mol. The van der Waals surface area contributed by atoms with E-state index in [1.807, 2.05) is 18.2 Å². The highest BCUT2D eigenvalue weighted by Gasteiger charge is 2.22. The average Bonchev–Trinajstić information content (AvgIpc) is 2.69. The molecule has 0 fully saturated rings. The van der Waals surface area contributed by atoms with Crippen molar-refractivity contribution < 1.29 is 0 Å². The molecule has 3 nitrogen and oxygen atoms in total. The van der Waals surface area contributed by atoms with Gasteiger partial charge in [-0.1, -0.05) is 72.8 Å². The minimum Gasteiger partial charge on any atom is -0.326 e. The molecule has 0 radical (unpaired) electrons. The largest absolute Gasteiger partial charge is 0.326 e. The topological polar surface area (TPSA) is 78.1 Å². The summed E-state index contributed by atoms with van der Waals surface area (Å²) in [7, 11) is -0.766. The van der Waals surface area contributed by atoms with Crippen LogP contribution in [0.1, 0.15) is 16.7 Å². The lowest BCUT2D eigenvalue weighted by atomic mass is 10.2. The summed E-state index contributed by atoms with van der Waals surface area (Å²) in [4.78, 5) is 0. The zero-order valence-corrected chi connectivity index (χ0v) is 15.1. The number of hydrogen-bond donors (Lipinski definition) is 3. The van der Waals surface area contributed by atoms with Gasteiger partial charge in [-0.25, -0.2) is 0 Å². The van der Waals surface area contributed by atoms with Gasteiger partial charge in [-0.05, 0) is 40.5 Å². The summed E-state index contributed by atoms with van der Waals surface area (Å²) in [5.74, 6) is 0. The van der Waals surface area contributed by atoms with E-state index in [1.54, 1.807) is 0 Å². The van der Waals surface area contributed by atoms with Crippen LogP contribution in [-0.2, 0) is 19.6 Å². The van der Waals surface area contributed by atoms with Crippen LogP contribution in [0.25, 0.3) is 0 Å². The van der Waals surface area contributed by atoms with Crippen molar-refractivity contribution in [1.82, 2.24) is 0 Å². The smallest absolute Gasteiger partial charge is 0.0184 e. The second-order valence-corrected chi connectivity index (χ2v) is 7.95. The van der Waals surface area contributed by atoms with Gasteiger partial charge in [0.2, 0.25) is 0 Å².